The van der Waals surface area contributed by atoms with Gasteiger partial charge in [0, 0.05) is 31.1 Å². The van der Waals surface area contributed by atoms with E-state index in [2.05, 4.69) is 20.5 Å². The summed E-state index contributed by atoms with van der Waals surface area (Å²) >= 11 is 5.63. The van der Waals surface area contributed by atoms with Crippen molar-refractivity contribution in [2.45, 2.75) is 31.1 Å². The fourth-order valence-corrected chi connectivity index (χ4v) is 5.07. The Morgan fingerprint density at radius 2 is 1.75 bits per heavy atom. The van der Waals surface area contributed by atoms with Crippen LogP contribution < -0.4 is 20.3 Å². The van der Waals surface area contributed by atoms with Gasteiger partial charge in [-0.05, 0) is 54.9 Å². The molecule has 5 rings (SSSR count). The molecule has 2 N–H and O–H groups in total. The van der Waals surface area contributed by atoms with E-state index in [9.17, 15) is 4.39 Å². The number of hydrogen-bond donors (Lipinski definition) is 2. The number of thiocarbonyl (C=S) groups is 1. The summed E-state index contributed by atoms with van der Waals surface area (Å²) in [4.78, 5) is 11.4. The average Bonchev–Trinajstić information content (AvgIpc) is 3.39. The highest BCUT2D eigenvalue weighted by atomic mass is 32.1. The van der Waals surface area contributed by atoms with E-state index in [1.807, 2.05) is 48.5 Å². The summed E-state index contributed by atoms with van der Waals surface area (Å²) in [6, 6.07) is 18.2. The summed E-state index contributed by atoms with van der Waals surface area (Å²) in [5, 5.41) is 6.96. The van der Waals surface area contributed by atoms with Crippen molar-refractivity contribution in [3.63, 3.8) is 0 Å². The number of rotatable bonds is 7. The van der Waals surface area contributed by atoms with E-state index in [1.165, 1.54) is 12.1 Å². The molecule has 2 aromatic carbocycles. The first kappa shape index (κ1) is 24.4. The lowest BCUT2D eigenvalue weighted by Gasteiger charge is -2.30. The molecule has 7 nitrogen and oxygen atoms in total. The fraction of sp³-hybridized carbons (Fsp3) is 0.370. The minimum atomic E-state index is -0.220. The van der Waals surface area contributed by atoms with Gasteiger partial charge in [0.25, 0.3) is 0 Å². The Kier molecular flexibility index (Phi) is 7.58. The van der Waals surface area contributed by atoms with Crippen molar-refractivity contribution in [3.8, 4) is 11.6 Å². The molecule has 0 bridgehead atoms. The maximum atomic E-state index is 13.5. The third-order valence-corrected chi connectivity index (χ3v) is 7.07. The minimum absolute atomic E-state index is 0.0719. The highest BCUT2D eigenvalue weighted by Gasteiger charge is 2.35. The van der Waals surface area contributed by atoms with Crippen LogP contribution in [0.4, 0.5) is 16.2 Å². The Bertz CT molecular complexity index is 1170. The molecular weight excluding hydrogens is 477 g/mol. The van der Waals surface area contributed by atoms with Crippen LogP contribution in [0.3, 0.4) is 0 Å². The van der Waals surface area contributed by atoms with Crippen LogP contribution in [0.15, 0.2) is 60.7 Å². The predicted molar refractivity (Wildman–Crippen MR) is 142 cm³/mol. The highest BCUT2D eigenvalue weighted by molar-refractivity contribution is 7.80. The Morgan fingerprint density at radius 3 is 2.47 bits per heavy atom. The summed E-state index contributed by atoms with van der Waals surface area (Å²) in [6.07, 6.45) is 4.35. The number of benzene rings is 2. The zero-order chi connectivity index (χ0) is 24.8. The molecule has 9 heteroatoms. The molecule has 0 unspecified atom stereocenters. The second-order valence-corrected chi connectivity index (χ2v) is 9.61. The van der Waals surface area contributed by atoms with Crippen LogP contribution in [-0.4, -0.2) is 47.9 Å². The summed E-state index contributed by atoms with van der Waals surface area (Å²) in [7, 11) is 0. The number of hydrogen-bond acceptors (Lipinski definition) is 6. The molecule has 36 heavy (non-hydrogen) atoms. The van der Waals surface area contributed by atoms with Gasteiger partial charge >= 0.3 is 0 Å². The predicted octanol–water partition coefficient (Wildman–Crippen LogP) is 5.04. The molecule has 0 radical (unpaired) electrons. The average molecular weight is 508 g/mol. The first-order valence-corrected chi connectivity index (χ1v) is 12.8. The van der Waals surface area contributed by atoms with Gasteiger partial charge in [0.15, 0.2) is 5.11 Å². The van der Waals surface area contributed by atoms with Crippen molar-refractivity contribution in [3.05, 3.63) is 72.0 Å². The van der Waals surface area contributed by atoms with Gasteiger partial charge in [-0.25, -0.2) is 4.39 Å². The lowest BCUT2D eigenvalue weighted by molar-refractivity contribution is 0.122. The van der Waals surface area contributed by atoms with Crippen LogP contribution in [0.25, 0.3) is 0 Å². The Morgan fingerprint density at radius 1 is 1.03 bits per heavy atom. The van der Waals surface area contributed by atoms with Gasteiger partial charge in [-0.2, -0.15) is 9.97 Å². The number of aromatic nitrogens is 2. The summed E-state index contributed by atoms with van der Waals surface area (Å²) < 4.78 is 25.0. The van der Waals surface area contributed by atoms with E-state index < -0.39 is 0 Å². The van der Waals surface area contributed by atoms with Gasteiger partial charge in [0.05, 0.1) is 13.2 Å². The lowest BCUT2D eigenvalue weighted by atomic mass is 9.79. The molecule has 1 saturated heterocycles. The Balaban J connectivity index is 1.31. The normalized spacial score (nSPS) is 17.0. The molecule has 1 saturated carbocycles. The van der Waals surface area contributed by atoms with E-state index in [0.717, 1.165) is 50.2 Å². The van der Waals surface area contributed by atoms with E-state index >= 15 is 0 Å². The second-order valence-electron chi connectivity index (χ2n) is 9.20. The van der Waals surface area contributed by atoms with Crippen LogP contribution in [0.5, 0.6) is 11.6 Å². The van der Waals surface area contributed by atoms with Crippen LogP contribution in [0.2, 0.25) is 0 Å². The molecule has 3 aromatic rings. The molecule has 0 amide bonds. The largest absolute Gasteiger partial charge is 0.439 e. The van der Waals surface area contributed by atoms with E-state index in [-0.39, 0.29) is 11.2 Å². The zero-order valence-electron chi connectivity index (χ0n) is 20.1. The first-order valence-electron chi connectivity index (χ1n) is 12.4. The van der Waals surface area contributed by atoms with E-state index in [0.29, 0.717) is 42.4 Å². The third-order valence-electron chi connectivity index (χ3n) is 6.82. The number of nitrogens with one attached hydrogen (secondary N) is 2. The molecule has 0 atom stereocenters. The number of para-hydroxylation sites is 1. The number of ether oxygens (including phenoxy) is 2. The minimum Gasteiger partial charge on any atom is -0.439 e. The monoisotopic (exact) mass is 507 g/mol. The molecule has 2 heterocycles. The first-order chi connectivity index (χ1) is 17.6. The van der Waals surface area contributed by atoms with E-state index in [1.54, 1.807) is 0 Å². The quantitative estimate of drug-likeness (QED) is 0.431. The van der Waals surface area contributed by atoms with Crippen LogP contribution in [-0.2, 0) is 10.2 Å². The summed E-state index contributed by atoms with van der Waals surface area (Å²) in [6.45, 7) is 3.43. The van der Waals surface area contributed by atoms with Crippen LogP contribution in [0, 0.1) is 5.82 Å². The fourth-order valence-electron chi connectivity index (χ4n) is 4.90. The highest BCUT2D eigenvalue weighted by Crippen LogP contribution is 2.40. The number of halogens is 1. The number of nitrogens with zero attached hydrogens (tertiary/aromatic N) is 3. The number of morpholine rings is 1. The van der Waals surface area contributed by atoms with Gasteiger partial charge in [-0.3, -0.25) is 0 Å². The number of anilines is 2. The van der Waals surface area contributed by atoms with Crippen molar-refractivity contribution >= 4 is 29.1 Å². The molecule has 1 aromatic heterocycles. The summed E-state index contributed by atoms with van der Waals surface area (Å²) in [5.41, 5.74) is 1.07. The van der Waals surface area contributed by atoms with Crippen LogP contribution >= 0.6 is 12.2 Å². The molecule has 2 aliphatic rings. The van der Waals surface area contributed by atoms with Gasteiger partial charge in [0.1, 0.15) is 17.4 Å². The molecular formula is C27H30FN5O2S. The lowest BCUT2D eigenvalue weighted by Crippen LogP contribution is -2.41. The van der Waals surface area contributed by atoms with Crippen molar-refractivity contribution in [1.82, 2.24) is 15.3 Å². The Hall–Kier alpha value is -3.30. The Labute approximate surface area is 216 Å². The molecule has 188 valence electrons. The molecule has 1 aliphatic heterocycles. The van der Waals surface area contributed by atoms with Gasteiger partial charge in [0.2, 0.25) is 11.8 Å². The SMILES string of the molecule is Fc1ccc(C2(CNC(=S)Nc3nc(Oc4ccccc4)cc(N4CCOCC4)n3)CCCC2)cc1. The standard InChI is InChI=1S/C27H30FN5O2S/c28-21-10-8-20(9-11-21)27(12-4-5-13-27)19-29-26(36)32-25-30-23(33-14-16-34-17-15-33)18-24(31-25)35-22-6-2-1-3-7-22/h1-3,6-11,18H,4-5,12-17,19H2,(H2,29,30,31,32,36). The van der Waals surface area contributed by atoms with Gasteiger partial charge < -0.3 is 25.0 Å². The maximum Gasteiger partial charge on any atom is 0.234 e. The van der Waals surface area contributed by atoms with Crippen molar-refractivity contribution < 1.29 is 13.9 Å². The topological polar surface area (TPSA) is 71.5 Å². The van der Waals surface area contributed by atoms with Gasteiger partial charge in [-0.1, -0.05) is 43.2 Å². The molecule has 0 spiro atoms. The van der Waals surface area contributed by atoms with Crippen LogP contribution in [0.1, 0.15) is 31.2 Å². The molecule has 1 aliphatic carbocycles. The van der Waals surface area contributed by atoms with Crippen molar-refractivity contribution in [1.29, 1.82) is 0 Å². The van der Waals surface area contributed by atoms with E-state index in [4.69, 9.17) is 26.7 Å². The third kappa shape index (κ3) is 5.91. The molecule has 2 fully saturated rings. The smallest absolute Gasteiger partial charge is 0.234 e. The van der Waals surface area contributed by atoms with Crippen molar-refractivity contribution in [2.75, 3.05) is 43.1 Å². The summed E-state index contributed by atoms with van der Waals surface area (Å²) in [5.74, 6) is 2.02. The van der Waals surface area contributed by atoms with Gasteiger partial charge in [-0.15, -0.1) is 0 Å². The van der Waals surface area contributed by atoms with Crippen molar-refractivity contribution in [2.24, 2.45) is 0 Å². The maximum absolute atomic E-state index is 13.5. The zero-order valence-corrected chi connectivity index (χ0v) is 20.9. The second kappa shape index (κ2) is 11.2.